The van der Waals surface area contributed by atoms with Crippen molar-refractivity contribution in [3.05, 3.63) is 60.1 Å². The normalized spacial score (nSPS) is 10.2. The van der Waals surface area contributed by atoms with E-state index in [4.69, 9.17) is 4.42 Å². The first-order valence-electron chi connectivity index (χ1n) is 5.75. The van der Waals surface area contributed by atoms with Crippen LogP contribution in [0, 0.1) is 0 Å². The Balaban J connectivity index is 1.63. The molecule has 0 spiro atoms. The van der Waals surface area contributed by atoms with Gasteiger partial charge in [-0.15, -0.1) is 11.8 Å². The number of carbonyl (C=O) groups is 1. The molecule has 1 aromatic carbocycles. The smallest absolute Gasteiger partial charge is 0.230 e. The highest BCUT2D eigenvalue weighted by atomic mass is 32.2. The van der Waals surface area contributed by atoms with Gasteiger partial charge in [0.1, 0.15) is 5.76 Å². The van der Waals surface area contributed by atoms with Gasteiger partial charge in [-0.2, -0.15) is 0 Å². The molecule has 1 heterocycles. The lowest BCUT2D eigenvalue weighted by molar-refractivity contribution is -0.118. The van der Waals surface area contributed by atoms with Gasteiger partial charge in [-0.25, -0.2) is 0 Å². The Labute approximate surface area is 111 Å². The molecule has 4 heteroatoms. The van der Waals surface area contributed by atoms with Gasteiger partial charge >= 0.3 is 0 Å². The highest BCUT2D eigenvalue weighted by Gasteiger charge is 2.03. The summed E-state index contributed by atoms with van der Waals surface area (Å²) in [4.78, 5) is 11.6. The lowest BCUT2D eigenvalue weighted by atomic mass is 10.2. The van der Waals surface area contributed by atoms with Crippen molar-refractivity contribution in [3.63, 3.8) is 0 Å². The molecule has 1 N–H and O–H groups in total. The van der Waals surface area contributed by atoms with Gasteiger partial charge in [-0.1, -0.05) is 30.3 Å². The molecule has 1 aromatic heterocycles. The zero-order valence-electron chi connectivity index (χ0n) is 9.96. The second kappa shape index (κ2) is 6.91. The molecule has 0 bridgehead atoms. The van der Waals surface area contributed by atoms with Crippen molar-refractivity contribution in [3.8, 4) is 0 Å². The molecule has 0 saturated carbocycles. The van der Waals surface area contributed by atoms with Crippen molar-refractivity contribution in [1.29, 1.82) is 0 Å². The van der Waals surface area contributed by atoms with Gasteiger partial charge in [0.25, 0.3) is 0 Å². The lowest BCUT2D eigenvalue weighted by Crippen LogP contribution is -2.24. The Morgan fingerprint density at radius 3 is 2.72 bits per heavy atom. The zero-order valence-corrected chi connectivity index (χ0v) is 10.8. The van der Waals surface area contributed by atoms with Crippen LogP contribution in [-0.2, 0) is 17.1 Å². The molecule has 0 aliphatic heterocycles. The van der Waals surface area contributed by atoms with E-state index >= 15 is 0 Å². The topological polar surface area (TPSA) is 42.2 Å². The second-order valence-corrected chi connectivity index (χ2v) is 4.82. The molecule has 18 heavy (non-hydrogen) atoms. The summed E-state index contributed by atoms with van der Waals surface area (Å²) >= 11 is 1.61. The molecular formula is C14H15NO2S. The zero-order chi connectivity index (χ0) is 12.6. The Morgan fingerprint density at radius 2 is 2.00 bits per heavy atom. The molecule has 2 aromatic rings. The first-order chi connectivity index (χ1) is 8.84. The number of amides is 1. The standard InChI is InChI=1S/C14H15NO2S/c16-14(15-9-13-7-4-8-17-13)11-18-10-12-5-2-1-3-6-12/h1-8H,9-11H2,(H,15,16). The summed E-state index contributed by atoms with van der Waals surface area (Å²) in [5.74, 6) is 2.13. The van der Waals surface area contributed by atoms with Gasteiger partial charge in [0.15, 0.2) is 0 Å². The van der Waals surface area contributed by atoms with Crippen LogP contribution in [0.4, 0.5) is 0 Å². The maximum atomic E-state index is 11.6. The summed E-state index contributed by atoms with van der Waals surface area (Å²) in [6.07, 6.45) is 1.60. The number of rotatable bonds is 6. The van der Waals surface area contributed by atoms with Crippen LogP contribution in [0.1, 0.15) is 11.3 Å². The third kappa shape index (κ3) is 4.30. The molecule has 0 unspecified atom stereocenters. The predicted octanol–water partition coefficient (Wildman–Crippen LogP) is 2.83. The first-order valence-corrected chi connectivity index (χ1v) is 6.91. The SMILES string of the molecule is O=C(CSCc1ccccc1)NCc1ccco1. The van der Waals surface area contributed by atoms with Crippen LogP contribution in [0.5, 0.6) is 0 Å². The van der Waals surface area contributed by atoms with E-state index in [-0.39, 0.29) is 5.91 Å². The molecular weight excluding hydrogens is 246 g/mol. The maximum Gasteiger partial charge on any atom is 0.230 e. The average molecular weight is 261 g/mol. The number of nitrogens with one attached hydrogen (secondary N) is 1. The molecule has 2 rings (SSSR count). The average Bonchev–Trinajstić information content (AvgIpc) is 2.91. The monoisotopic (exact) mass is 261 g/mol. The fraction of sp³-hybridized carbons (Fsp3) is 0.214. The van der Waals surface area contributed by atoms with Crippen molar-refractivity contribution in [2.45, 2.75) is 12.3 Å². The van der Waals surface area contributed by atoms with Gasteiger partial charge in [-0.3, -0.25) is 4.79 Å². The van der Waals surface area contributed by atoms with Crippen LogP contribution < -0.4 is 5.32 Å². The van der Waals surface area contributed by atoms with E-state index < -0.39 is 0 Å². The number of benzene rings is 1. The minimum atomic E-state index is 0.0346. The van der Waals surface area contributed by atoms with E-state index in [9.17, 15) is 4.79 Å². The van der Waals surface area contributed by atoms with Crippen molar-refractivity contribution in [1.82, 2.24) is 5.32 Å². The molecule has 0 fully saturated rings. The third-order valence-electron chi connectivity index (χ3n) is 2.38. The highest BCUT2D eigenvalue weighted by Crippen LogP contribution is 2.11. The van der Waals surface area contributed by atoms with E-state index in [1.54, 1.807) is 18.0 Å². The summed E-state index contributed by atoms with van der Waals surface area (Å²) in [6, 6.07) is 13.8. The number of carbonyl (C=O) groups excluding carboxylic acids is 1. The quantitative estimate of drug-likeness (QED) is 0.869. The second-order valence-electron chi connectivity index (χ2n) is 3.83. The molecule has 0 saturated heterocycles. The molecule has 0 radical (unpaired) electrons. The third-order valence-corrected chi connectivity index (χ3v) is 3.39. The van der Waals surface area contributed by atoms with Gasteiger partial charge in [0.05, 0.1) is 18.6 Å². The van der Waals surface area contributed by atoms with Crippen molar-refractivity contribution < 1.29 is 9.21 Å². The van der Waals surface area contributed by atoms with Crippen LogP contribution in [0.25, 0.3) is 0 Å². The van der Waals surface area contributed by atoms with Crippen LogP contribution in [0.15, 0.2) is 53.1 Å². The first kappa shape index (κ1) is 12.8. The summed E-state index contributed by atoms with van der Waals surface area (Å²) in [5.41, 5.74) is 1.24. The Morgan fingerprint density at radius 1 is 1.17 bits per heavy atom. The molecule has 0 aliphatic carbocycles. The molecule has 0 aliphatic rings. The molecule has 3 nitrogen and oxygen atoms in total. The summed E-state index contributed by atoms with van der Waals surface area (Å²) in [6.45, 7) is 0.456. The Bertz CT molecular complexity index is 468. The minimum Gasteiger partial charge on any atom is -0.467 e. The van der Waals surface area contributed by atoms with Crippen LogP contribution in [0.3, 0.4) is 0 Å². The fourth-order valence-electron chi connectivity index (χ4n) is 1.49. The van der Waals surface area contributed by atoms with Crippen molar-refractivity contribution in [2.24, 2.45) is 0 Å². The largest absolute Gasteiger partial charge is 0.467 e. The molecule has 94 valence electrons. The predicted molar refractivity (Wildman–Crippen MR) is 73.2 cm³/mol. The van der Waals surface area contributed by atoms with Crippen LogP contribution >= 0.6 is 11.8 Å². The maximum absolute atomic E-state index is 11.6. The van der Waals surface area contributed by atoms with Crippen molar-refractivity contribution >= 4 is 17.7 Å². The van der Waals surface area contributed by atoms with Crippen LogP contribution in [-0.4, -0.2) is 11.7 Å². The summed E-state index contributed by atoms with van der Waals surface area (Å²) in [5, 5.41) is 2.82. The van der Waals surface area contributed by atoms with Gasteiger partial charge in [0.2, 0.25) is 5.91 Å². The molecule has 0 atom stereocenters. The van der Waals surface area contributed by atoms with Crippen molar-refractivity contribution in [2.75, 3.05) is 5.75 Å². The van der Waals surface area contributed by atoms with E-state index in [1.807, 2.05) is 30.3 Å². The Hall–Kier alpha value is -1.68. The van der Waals surface area contributed by atoms with E-state index in [2.05, 4.69) is 17.4 Å². The number of hydrogen-bond acceptors (Lipinski definition) is 3. The van der Waals surface area contributed by atoms with E-state index in [0.717, 1.165) is 11.5 Å². The summed E-state index contributed by atoms with van der Waals surface area (Å²) in [7, 11) is 0. The van der Waals surface area contributed by atoms with E-state index in [1.165, 1.54) is 5.56 Å². The van der Waals surface area contributed by atoms with Gasteiger partial charge < -0.3 is 9.73 Å². The highest BCUT2D eigenvalue weighted by molar-refractivity contribution is 7.99. The van der Waals surface area contributed by atoms with E-state index in [0.29, 0.717) is 12.3 Å². The van der Waals surface area contributed by atoms with Gasteiger partial charge in [0, 0.05) is 5.75 Å². The number of hydrogen-bond donors (Lipinski definition) is 1. The van der Waals surface area contributed by atoms with Gasteiger partial charge in [-0.05, 0) is 17.7 Å². The number of furan rings is 1. The lowest BCUT2D eigenvalue weighted by Gasteiger charge is -2.03. The number of thioether (sulfide) groups is 1. The molecule has 1 amide bonds. The Kier molecular flexibility index (Phi) is 4.90. The van der Waals surface area contributed by atoms with Crippen LogP contribution in [0.2, 0.25) is 0 Å². The minimum absolute atomic E-state index is 0.0346. The fourth-order valence-corrected chi connectivity index (χ4v) is 2.30. The summed E-state index contributed by atoms with van der Waals surface area (Å²) < 4.78 is 5.14.